The Labute approximate surface area is 185 Å². The van der Waals surface area contributed by atoms with Gasteiger partial charge in [-0.2, -0.15) is 4.31 Å². The number of carbonyl (C=O) groups excluding carboxylic acids is 1. The molecule has 0 atom stereocenters. The van der Waals surface area contributed by atoms with E-state index in [9.17, 15) is 13.2 Å². The highest BCUT2D eigenvalue weighted by atomic mass is 32.2. The zero-order chi connectivity index (χ0) is 23.0. The Bertz CT molecular complexity index is 1040. The Morgan fingerprint density at radius 1 is 1.03 bits per heavy atom. The smallest absolute Gasteiger partial charge is 0.243 e. The Morgan fingerprint density at radius 3 is 2.10 bits per heavy atom. The molecule has 0 unspecified atom stereocenters. The molecule has 0 spiro atoms. The van der Waals surface area contributed by atoms with Crippen molar-refractivity contribution in [1.82, 2.24) is 13.8 Å². The van der Waals surface area contributed by atoms with Crippen molar-refractivity contribution >= 4 is 15.8 Å². The minimum Gasteiger partial charge on any atom is -0.497 e. The average molecular weight is 448 g/mol. The van der Waals surface area contributed by atoms with Gasteiger partial charge in [0.05, 0.1) is 18.6 Å². The molecule has 1 aliphatic rings. The summed E-state index contributed by atoms with van der Waals surface area (Å²) in [5.41, 5.74) is 2.72. The van der Waals surface area contributed by atoms with E-state index in [0.717, 1.165) is 17.0 Å². The van der Waals surface area contributed by atoms with Crippen LogP contribution in [0, 0.1) is 13.8 Å². The normalized spacial score (nSPS) is 16.5. The van der Waals surface area contributed by atoms with Crippen LogP contribution in [0.5, 0.6) is 5.75 Å². The Hall–Kier alpha value is -2.16. The number of piperazine rings is 1. The van der Waals surface area contributed by atoms with Gasteiger partial charge in [-0.05, 0) is 65.0 Å². The van der Waals surface area contributed by atoms with E-state index in [2.05, 4.69) is 25.3 Å². The second-order valence-electron chi connectivity index (χ2n) is 9.07. The molecule has 1 fully saturated rings. The van der Waals surface area contributed by atoms with Gasteiger partial charge in [-0.15, -0.1) is 0 Å². The molecule has 1 aromatic carbocycles. The fourth-order valence-electron chi connectivity index (χ4n) is 4.39. The minimum absolute atomic E-state index is 0.0788. The standard InChI is InChI=1S/C23H33N3O4S/c1-17-15-21(18(2)26(17)23(3,4)5)22(27)16-24-11-13-25(14-12-24)31(28,29)20-9-7-19(30-6)8-10-20/h7-10,15H,11-14,16H2,1-6H3. The lowest BCUT2D eigenvalue weighted by atomic mass is 10.1. The lowest BCUT2D eigenvalue weighted by molar-refractivity contribution is 0.0901. The van der Waals surface area contributed by atoms with E-state index in [-0.39, 0.29) is 16.2 Å². The topological polar surface area (TPSA) is 71.9 Å². The highest BCUT2D eigenvalue weighted by Gasteiger charge is 2.30. The molecule has 170 valence electrons. The molecule has 1 aliphatic heterocycles. The lowest BCUT2D eigenvalue weighted by Crippen LogP contribution is -2.49. The van der Waals surface area contributed by atoms with Crippen LogP contribution in [0.2, 0.25) is 0 Å². The van der Waals surface area contributed by atoms with Crippen LogP contribution in [0.25, 0.3) is 0 Å². The summed E-state index contributed by atoms with van der Waals surface area (Å²) in [6.45, 7) is 12.5. The Kier molecular flexibility index (Phi) is 6.64. The number of nitrogens with zero attached hydrogens (tertiary/aromatic N) is 3. The van der Waals surface area contributed by atoms with Gasteiger partial charge in [-0.25, -0.2) is 8.42 Å². The number of Topliss-reactive ketones (excluding diaryl/α,β-unsaturated/α-hetero) is 1. The van der Waals surface area contributed by atoms with Crippen molar-refractivity contribution < 1.29 is 17.9 Å². The summed E-state index contributed by atoms with van der Waals surface area (Å²) >= 11 is 0. The molecule has 0 bridgehead atoms. The lowest BCUT2D eigenvalue weighted by Gasteiger charge is -2.33. The number of ketones is 1. The van der Waals surface area contributed by atoms with Gasteiger partial charge in [0.1, 0.15) is 5.75 Å². The number of carbonyl (C=O) groups is 1. The first-order chi connectivity index (χ1) is 14.4. The number of sulfonamides is 1. The van der Waals surface area contributed by atoms with Crippen molar-refractivity contribution in [2.45, 2.75) is 45.1 Å². The maximum atomic E-state index is 13.0. The summed E-state index contributed by atoms with van der Waals surface area (Å²) in [5.74, 6) is 0.697. The number of hydrogen-bond acceptors (Lipinski definition) is 5. The highest BCUT2D eigenvalue weighted by Crippen LogP contribution is 2.25. The molecule has 2 heterocycles. The summed E-state index contributed by atoms with van der Waals surface area (Å²) in [4.78, 5) is 15.3. The summed E-state index contributed by atoms with van der Waals surface area (Å²) in [5, 5.41) is 0. The maximum Gasteiger partial charge on any atom is 0.243 e. The van der Waals surface area contributed by atoms with Crippen LogP contribution in [0.15, 0.2) is 35.2 Å². The highest BCUT2D eigenvalue weighted by molar-refractivity contribution is 7.89. The molecule has 2 aromatic rings. The monoisotopic (exact) mass is 447 g/mol. The molecule has 1 aromatic heterocycles. The van der Waals surface area contributed by atoms with Crippen LogP contribution in [0.4, 0.5) is 0 Å². The molecule has 31 heavy (non-hydrogen) atoms. The fourth-order valence-corrected chi connectivity index (χ4v) is 5.81. The van der Waals surface area contributed by atoms with Gasteiger partial charge < -0.3 is 9.30 Å². The third kappa shape index (κ3) is 4.86. The van der Waals surface area contributed by atoms with Gasteiger partial charge in [0, 0.05) is 48.7 Å². The van der Waals surface area contributed by atoms with Crippen LogP contribution < -0.4 is 4.74 Å². The third-order valence-corrected chi connectivity index (χ3v) is 7.71. The molecular weight excluding hydrogens is 414 g/mol. The summed E-state index contributed by atoms with van der Waals surface area (Å²) in [6.07, 6.45) is 0. The van der Waals surface area contributed by atoms with Crippen LogP contribution in [0.1, 0.15) is 42.5 Å². The van der Waals surface area contributed by atoms with Gasteiger partial charge in [-0.1, -0.05) is 0 Å². The van der Waals surface area contributed by atoms with Crippen LogP contribution in [0.3, 0.4) is 0 Å². The summed E-state index contributed by atoms with van der Waals surface area (Å²) < 4.78 is 34.6. The van der Waals surface area contributed by atoms with Gasteiger partial charge in [0.2, 0.25) is 10.0 Å². The van der Waals surface area contributed by atoms with Crippen molar-refractivity contribution in [1.29, 1.82) is 0 Å². The predicted molar refractivity (Wildman–Crippen MR) is 121 cm³/mol. The number of benzene rings is 1. The van der Waals surface area contributed by atoms with E-state index in [1.54, 1.807) is 31.4 Å². The van der Waals surface area contributed by atoms with E-state index < -0.39 is 10.0 Å². The zero-order valence-electron chi connectivity index (χ0n) is 19.3. The Morgan fingerprint density at radius 2 is 1.61 bits per heavy atom. The van der Waals surface area contributed by atoms with Gasteiger partial charge >= 0.3 is 0 Å². The molecule has 0 aliphatic carbocycles. The van der Waals surface area contributed by atoms with Crippen molar-refractivity contribution in [3.8, 4) is 5.75 Å². The molecule has 8 heteroatoms. The Balaban J connectivity index is 1.64. The first-order valence-electron chi connectivity index (χ1n) is 10.5. The van der Waals surface area contributed by atoms with Crippen LogP contribution in [-0.4, -0.2) is 67.8 Å². The molecule has 1 saturated heterocycles. The average Bonchev–Trinajstić information content (AvgIpc) is 3.02. The number of aryl methyl sites for hydroxylation is 1. The van der Waals surface area contributed by atoms with Crippen molar-refractivity contribution in [3.05, 3.63) is 47.3 Å². The van der Waals surface area contributed by atoms with E-state index in [1.165, 1.54) is 4.31 Å². The maximum absolute atomic E-state index is 13.0. The van der Waals surface area contributed by atoms with Crippen molar-refractivity contribution in [2.75, 3.05) is 39.8 Å². The minimum atomic E-state index is -3.55. The third-order valence-electron chi connectivity index (χ3n) is 5.80. The van der Waals surface area contributed by atoms with E-state index >= 15 is 0 Å². The summed E-state index contributed by atoms with van der Waals surface area (Å²) in [7, 11) is -2.01. The van der Waals surface area contributed by atoms with Crippen LogP contribution >= 0.6 is 0 Å². The molecule has 3 rings (SSSR count). The number of hydrogen-bond donors (Lipinski definition) is 0. The molecule has 0 amide bonds. The second-order valence-corrected chi connectivity index (χ2v) is 11.0. The number of aromatic nitrogens is 1. The van der Waals surface area contributed by atoms with Gasteiger partial charge in [-0.3, -0.25) is 9.69 Å². The van der Waals surface area contributed by atoms with Gasteiger partial charge in [0.15, 0.2) is 5.78 Å². The second kappa shape index (κ2) is 8.76. The molecule has 0 radical (unpaired) electrons. The molecule has 7 nitrogen and oxygen atoms in total. The van der Waals surface area contributed by atoms with Crippen molar-refractivity contribution in [3.63, 3.8) is 0 Å². The molecule has 0 N–H and O–H groups in total. The zero-order valence-corrected chi connectivity index (χ0v) is 20.1. The van der Waals surface area contributed by atoms with E-state index in [0.29, 0.717) is 38.5 Å². The first kappa shape index (κ1) is 23.5. The predicted octanol–water partition coefficient (Wildman–Crippen LogP) is 3.06. The number of ether oxygens (including phenoxy) is 1. The quantitative estimate of drug-likeness (QED) is 0.637. The fraction of sp³-hybridized carbons (Fsp3) is 0.522. The van der Waals surface area contributed by atoms with E-state index in [4.69, 9.17) is 4.74 Å². The van der Waals surface area contributed by atoms with Gasteiger partial charge in [0.25, 0.3) is 0 Å². The van der Waals surface area contributed by atoms with Crippen molar-refractivity contribution in [2.24, 2.45) is 0 Å². The number of rotatable bonds is 6. The number of methoxy groups -OCH3 is 1. The molecular formula is C23H33N3O4S. The largest absolute Gasteiger partial charge is 0.497 e. The van der Waals surface area contributed by atoms with E-state index in [1.807, 2.05) is 24.8 Å². The molecule has 0 saturated carbocycles. The SMILES string of the molecule is COc1ccc(S(=O)(=O)N2CCN(CC(=O)c3cc(C)n(C(C)(C)C)c3C)CC2)cc1. The first-order valence-corrected chi connectivity index (χ1v) is 12.0. The summed E-state index contributed by atoms with van der Waals surface area (Å²) in [6, 6.07) is 8.39. The van der Waals surface area contributed by atoms with Crippen LogP contribution in [-0.2, 0) is 15.6 Å².